The van der Waals surface area contributed by atoms with Gasteiger partial charge in [-0.1, -0.05) is 66.2 Å². The third-order valence-corrected chi connectivity index (χ3v) is 9.08. The van der Waals surface area contributed by atoms with E-state index in [0.717, 1.165) is 12.0 Å². The summed E-state index contributed by atoms with van der Waals surface area (Å²) in [6.07, 6.45) is 5.65. The van der Waals surface area contributed by atoms with Crippen LogP contribution in [0.25, 0.3) is 0 Å². The van der Waals surface area contributed by atoms with Crippen molar-refractivity contribution in [3.05, 3.63) is 102 Å². The van der Waals surface area contributed by atoms with Gasteiger partial charge in [0.05, 0.1) is 16.9 Å². The van der Waals surface area contributed by atoms with E-state index in [-0.39, 0.29) is 47.8 Å². The molecule has 0 unspecified atom stereocenters. The summed E-state index contributed by atoms with van der Waals surface area (Å²) in [4.78, 5) is 42.6. The summed E-state index contributed by atoms with van der Waals surface area (Å²) < 4.78 is 5.85. The van der Waals surface area contributed by atoms with Crippen LogP contribution in [0, 0.1) is 35.5 Å². The van der Waals surface area contributed by atoms with Gasteiger partial charge in [0.15, 0.2) is 0 Å². The second kappa shape index (κ2) is 9.38. The molecule has 0 radical (unpaired) electrons. The third kappa shape index (κ3) is 4.14. The lowest BCUT2D eigenvalue weighted by molar-refractivity contribution is -0.146. The van der Waals surface area contributed by atoms with E-state index in [2.05, 4.69) is 17.5 Å². The number of benzene rings is 3. The maximum atomic E-state index is 13.8. The fourth-order valence-electron chi connectivity index (χ4n) is 6.91. The molecule has 0 spiro atoms. The number of hydrogen-bond acceptors (Lipinski definition) is 4. The molecular weight excluding hydrogens is 512 g/mol. The van der Waals surface area contributed by atoms with Crippen LogP contribution in [-0.4, -0.2) is 28.7 Å². The Morgan fingerprint density at radius 2 is 1.49 bits per heavy atom. The molecule has 6 nitrogen and oxygen atoms in total. The number of hydrogen-bond donors (Lipinski definition) is 1. The van der Waals surface area contributed by atoms with Crippen molar-refractivity contribution in [2.24, 2.45) is 35.5 Å². The Bertz CT molecular complexity index is 1450. The molecule has 7 atom stereocenters. The molecule has 1 N–H and O–H groups in total. The highest BCUT2D eigenvalue weighted by Crippen LogP contribution is 2.65. The van der Waals surface area contributed by atoms with E-state index in [4.69, 9.17) is 16.3 Å². The van der Waals surface area contributed by atoms with E-state index in [1.54, 1.807) is 36.4 Å². The number of imide groups is 1. The summed E-state index contributed by atoms with van der Waals surface area (Å²) in [7, 11) is 0. The number of anilines is 1. The van der Waals surface area contributed by atoms with E-state index in [1.807, 2.05) is 42.5 Å². The minimum Gasteiger partial charge on any atom is -0.456 e. The molecule has 2 saturated carbocycles. The highest BCUT2D eigenvalue weighted by molar-refractivity contribution is 6.32. The van der Waals surface area contributed by atoms with Crippen molar-refractivity contribution < 1.29 is 19.1 Å². The zero-order chi connectivity index (χ0) is 26.7. The summed E-state index contributed by atoms with van der Waals surface area (Å²) in [5, 5.41) is 3.44. The second-order valence-electron chi connectivity index (χ2n) is 11.0. The number of likely N-dealkylation sites (tertiary alicyclic amines) is 1. The molecule has 3 aromatic rings. The third-order valence-electron chi connectivity index (χ3n) is 8.77. The monoisotopic (exact) mass is 538 g/mol. The van der Waals surface area contributed by atoms with Crippen molar-refractivity contribution in [3.63, 3.8) is 0 Å². The van der Waals surface area contributed by atoms with Crippen LogP contribution >= 0.6 is 11.6 Å². The summed E-state index contributed by atoms with van der Waals surface area (Å²) in [5.74, 6) is 0.858. The van der Waals surface area contributed by atoms with Crippen molar-refractivity contribution in [1.29, 1.82) is 0 Å². The number of carbonyl (C=O) groups is 3. The fraction of sp³-hybridized carbons (Fsp3) is 0.281. The van der Waals surface area contributed by atoms with Gasteiger partial charge in [-0.3, -0.25) is 19.3 Å². The molecule has 2 bridgehead atoms. The number of amides is 3. The predicted octanol–water partition coefficient (Wildman–Crippen LogP) is 5.74. The average Bonchev–Trinajstić information content (AvgIpc) is 3.73. The van der Waals surface area contributed by atoms with Gasteiger partial charge in [0.2, 0.25) is 17.7 Å². The number of ether oxygens (including phenoxy) is 1. The van der Waals surface area contributed by atoms with Crippen molar-refractivity contribution in [2.45, 2.75) is 18.9 Å². The van der Waals surface area contributed by atoms with Gasteiger partial charge in [-0.05, 0) is 72.1 Å². The van der Waals surface area contributed by atoms with Gasteiger partial charge >= 0.3 is 0 Å². The Hall–Kier alpha value is -3.90. The number of para-hydroxylation sites is 1. The first-order chi connectivity index (χ1) is 19.0. The number of allylic oxidation sites excluding steroid dienone is 2. The standard InChI is InChI=1S/C32H27ClN2O4/c33-25-8-4-5-9-27(25)39-20-12-10-19(11-13-20)34-30(36)26(16-18-6-2-1-3-7-18)35-31(37)28-21-14-15-22(24-17-23(21)24)29(28)32(35)38/h1-15,21-24,26,28-29H,16-17H2,(H,34,36)/t21-,22-,23-,24-,26-,28+,29+/m0/s1. The summed E-state index contributed by atoms with van der Waals surface area (Å²) >= 11 is 6.19. The molecule has 3 aromatic carbocycles. The maximum absolute atomic E-state index is 13.8. The fourth-order valence-corrected chi connectivity index (χ4v) is 7.09. The van der Waals surface area contributed by atoms with Gasteiger partial charge in [-0.2, -0.15) is 0 Å². The molecular formula is C32H27ClN2O4. The average molecular weight is 539 g/mol. The summed E-state index contributed by atoms with van der Waals surface area (Å²) in [5.41, 5.74) is 1.43. The number of halogens is 1. The van der Waals surface area contributed by atoms with E-state index >= 15 is 0 Å². The van der Waals surface area contributed by atoms with Gasteiger partial charge in [0.1, 0.15) is 17.5 Å². The molecule has 39 heavy (non-hydrogen) atoms. The Balaban J connectivity index is 1.13. The van der Waals surface area contributed by atoms with Crippen molar-refractivity contribution in [1.82, 2.24) is 4.90 Å². The number of rotatable bonds is 7. The normalized spacial score (nSPS) is 28.6. The Morgan fingerprint density at radius 3 is 2.13 bits per heavy atom. The lowest BCUT2D eigenvalue weighted by Crippen LogP contribution is -2.49. The van der Waals surface area contributed by atoms with E-state index in [9.17, 15) is 14.4 Å². The molecule has 3 fully saturated rings. The first-order valence-electron chi connectivity index (χ1n) is 13.4. The zero-order valence-corrected chi connectivity index (χ0v) is 21.8. The van der Waals surface area contributed by atoms with Crippen LogP contribution in [0.5, 0.6) is 11.5 Å². The van der Waals surface area contributed by atoms with Gasteiger partial charge in [0, 0.05) is 12.1 Å². The van der Waals surface area contributed by atoms with E-state index in [1.165, 1.54) is 4.90 Å². The molecule has 196 valence electrons. The lowest BCUT2D eigenvalue weighted by atomic mass is 9.63. The molecule has 0 aromatic heterocycles. The Morgan fingerprint density at radius 1 is 0.872 bits per heavy atom. The molecule has 7 heteroatoms. The molecule has 3 amide bonds. The highest BCUT2D eigenvalue weighted by Gasteiger charge is 2.67. The lowest BCUT2D eigenvalue weighted by Gasteiger charge is -2.37. The minimum absolute atomic E-state index is 0.109. The van der Waals surface area contributed by atoms with Crippen LogP contribution in [0.3, 0.4) is 0 Å². The first kappa shape index (κ1) is 24.2. The molecule has 5 aliphatic rings. The van der Waals surface area contributed by atoms with Crippen LogP contribution in [0.15, 0.2) is 91.0 Å². The quantitative estimate of drug-likeness (QED) is 0.308. The van der Waals surface area contributed by atoms with Crippen LogP contribution < -0.4 is 10.1 Å². The smallest absolute Gasteiger partial charge is 0.248 e. The van der Waals surface area contributed by atoms with Crippen molar-refractivity contribution in [3.8, 4) is 11.5 Å². The predicted molar refractivity (Wildman–Crippen MR) is 147 cm³/mol. The Kier molecular flexibility index (Phi) is 5.81. The number of nitrogens with zero attached hydrogens (tertiary/aromatic N) is 1. The number of carbonyl (C=O) groups excluding carboxylic acids is 3. The minimum atomic E-state index is -0.937. The number of nitrogens with one attached hydrogen (secondary N) is 1. The van der Waals surface area contributed by atoms with Crippen LogP contribution in [0.2, 0.25) is 5.02 Å². The molecule has 1 saturated heterocycles. The van der Waals surface area contributed by atoms with Crippen LogP contribution in [-0.2, 0) is 20.8 Å². The van der Waals surface area contributed by atoms with Crippen LogP contribution in [0.4, 0.5) is 5.69 Å². The topological polar surface area (TPSA) is 75.7 Å². The maximum Gasteiger partial charge on any atom is 0.248 e. The summed E-state index contributed by atoms with van der Waals surface area (Å²) in [6, 6.07) is 22.7. The van der Waals surface area contributed by atoms with Gasteiger partial charge in [-0.25, -0.2) is 0 Å². The highest BCUT2D eigenvalue weighted by atomic mass is 35.5. The Labute approximate surface area is 231 Å². The molecule has 8 rings (SSSR count). The van der Waals surface area contributed by atoms with Crippen molar-refractivity contribution in [2.75, 3.05) is 5.32 Å². The molecule has 1 aliphatic heterocycles. The molecule has 1 heterocycles. The second-order valence-corrected chi connectivity index (χ2v) is 11.4. The molecule has 4 aliphatic carbocycles. The van der Waals surface area contributed by atoms with Crippen molar-refractivity contribution >= 4 is 35.0 Å². The van der Waals surface area contributed by atoms with Gasteiger partial charge in [0.25, 0.3) is 0 Å². The van der Waals surface area contributed by atoms with E-state index in [0.29, 0.717) is 34.0 Å². The largest absolute Gasteiger partial charge is 0.456 e. The zero-order valence-electron chi connectivity index (χ0n) is 21.1. The SMILES string of the molecule is O=C(Nc1ccc(Oc2ccccc2Cl)cc1)[C@H](Cc1ccccc1)N1C(=O)[C@@H]2[C@H]3C=C[C@@H]([C@@H]4C[C@@H]34)[C@H]2C1=O. The van der Waals surface area contributed by atoms with Crippen LogP contribution in [0.1, 0.15) is 12.0 Å². The first-order valence-corrected chi connectivity index (χ1v) is 13.8. The van der Waals surface area contributed by atoms with Gasteiger partial charge < -0.3 is 10.1 Å². The van der Waals surface area contributed by atoms with E-state index < -0.39 is 6.04 Å². The summed E-state index contributed by atoms with van der Waals surface area (Å²) in [6.45, 7) is 0. The van der Waals surface area contributed by atoms with Gasteiger partial charge in [-0.15, -0.1) is 0 Å².